The minimum atomic E-state index is 0.582. The molecule has 1 aliphatic carbocycles. The van der Waals surface area contributed by atoms with Gasteiger partial charge in [0, 0.05) is 5.66 Å². The van der Waals surface area contributed by atoms with E-state index < -0.39 is 0 Å². The number of rotatable bonds is 2. The van der Waals surface area contributed by atoms with Crippen molar-refractivity contribution in [2.45, 2.75) is 51.6 Å². The van der Waals surface area contributed by atoms with Crippen molar-refractivity contribution in [2.75, 3.05) is 0 Å². The van der Waals surface area contributed by atoms with Crippen LogP contribution in [0.2, 0.25) is 0 Å². The molecule has 0 heterocycles. The molecule has 87 valence electrons. The molecule has 0 nitrogen and oxygen atoms in total. The molecule has 1 heteroatoms. The average molecular weight is 233 g/mol. The summed E-state index contributed by atoms with van der Waals surface area (Å²) in [5, 5.41) is 0. The first kappa shape index (κ1) is 12.1. The molecule has 0 bridgehead atoms. The fraction of sp³-hybridized carbons (Fsp3) is 0.533. The Labute approximate surface area is 102 Å². The van der Waals surface area contributed by atoms with Crippen molar-refractivity contribution in [3.8, 4) is 0 Å². The van der Waals surface area contributed by atoms with E-state index in [2.05, 4.69) is 41.3 Å². The van der Waals surface area contributed by atoms with Crippen LogP contribution in [0.4, 0.5) is 0 Å². The molecule has 2 rings (SSSR count). The molecule has 0 amide bonds. The molecule has 2 unspecified atom stereocenters. The Morgan fingerprint density at radius 1 is 0.938 bits per heavy atom. The van der Waals surface area contributed by atoms with Crippen LogP contribution in [0.5, 0.6) is 0 Å². The summed E-state index contributed by atoms with van der Waals surface area (Å²) < 4.78 is 0. The van der Waals surface area contributed by atoms with E-state index in [-0.39, 0.29) is 0 Å². The van der Waals surface area contributed by atoms with E-state index in [1.807, 2.05) is 0 Å². The van der Waals surface area contributed by atoms with Gasteiger partial charge in [0.2, 0.25) is 0 Å². The Bertz CT molecular complexity index is 330. The van der Waals surface area contributed by atoms with Crippen LogP contribution in [0, 0.1) is 19.8 Å². The Morgan fingerprint density at radius 3 is 2.06 bits per heavy atom. The molecule has 16 heavy (non-hydrogen) atoms. The molecular formula is C15H22P. The van der Waals surface area contributed by atoms with Crippen LogP contribution >= 0.6 is 9.24 Å². The molecule has 2 atom stereocenters. The summed E-state index contributed by atoms with van der Waals surface area (Å²) >= 11 is 0. The summed E-state index contributed by atoms with van der Waals surface area (Å²) in [4.78, 5) is 0. The predicted octanol–water partition coefficient (Wildman–Crippen LogP) is 4.76. The predicted molar refractivity (Wildman–Crippen MR) is 74.7 cm³/mol. The van der Waals surface area contributed by atoms with Crippen molar-refractivity contribution in [2.24, 2.45) is 0 Å². The first-order valence-electron chi connectivity index (χ1n) is 6.35. The lowest BCUT2D eigenvalue weighted by Gasteiger charge is -2.27. The molecule has 0 aromatic heterocycles. The zero-order valence-corrected chi connectivity index (χ0v) is 11.6. The summed E-state index contributed by atoms with van der Waals surface area (Å²) in [6.07, 6.45) is 6.88. The number of benzene rings is 1. The minimum Gasteiger partial charge on any atom is -0.129 e. The first-order chi connectivity index (χ1) is 7.66. The Morgan fingerprint density at radius 2 is 1.50 bits per heavy atom. The van der Waals surface area contributed by atoms with Gasteiger partial charge < -0.3 is 0 Å². The third-order valence-electron chi connectivity index (χ3n) is 3.54. The lowest BCUT2D eigenvalue weighted by Crippen LogP contribution is -2.10. The summed E-state index contributed by atoms with van der Waals surface area (Å²) in [6, 6.07) is 6.94. The van der Waals surface area contributed by atoms with E-state index in [0.717, 1.165) is 0 Å². The average Bonchev–Trinajstić information content (AvgIpc) is 2.28. The topological polar surface area (TPSA) is 0 Å². The summed E-state index contributed by atoms with van der Waals surface area (Å²) in [7, 11) is 3.05. The second kappa shape index (κ2) is 5.32. The maximum atomic E-state index is 3.05. The lowest BCUT2D eigenvalue weighted by atomic mass is 9.84. The van der Waals surface area contributed by atoms with Crippen LogP contribution < -0.4 is 0 Å². The Kier molecular flexibility index (Phi) is 4.03. The fourth-order valence-electron chi connectivity index (χ4n) is 2.74. The molecule has 1 saturated carbocycles. The van der Waals surface area contributed by atoms with Crippen LogP contribution in [0.25, 0.3) is 0 Å². The van der Waals surface area contributed by atoms with Gasteiger partial charge in [-0.25, -0.2) is 0 Å². The summed E-state index contributed by atoms with van der Waals surface area (Å²) in [5.41, 5.74) is 4.84. The highest BCUT2D eigenvalue weighted by molar-refractivity contribution is 7.17. The maximum Gasteiger partial charge on any atom is 0.00475 e. The van der Waals surface area contributed by atoms with Crippen LogP contribution in [-0.2, 0) is 0 Å². The highest BCUT2D eigenvalue weighted by atomic mass is 31.0. The van der Waals surface area contributed by atoms with Gasteiger partial charge in [-0.2, -0.15) is 0 Å². The van der Waals surface area contributed by atoms with Crippen LogP contribution in [0.1, 0.15) is 54.5 Å². The van der Waals surface area contributed by atoms with E-state index in [9.17, 15) is 0 Å². The molecule has 1 aromatic rings. The normalized spacial score (nSPS) is 19.7. The van der Waals surface area contributed by atoms with Crippen molar-refractivity contribution < 1.29 is 0 Å². The number of hydrogen-bond donors (Lipinski definition) is 0. The van der Waals surface area contributed by atoms with Crippen molar-refractivity contribution in [1.82, 2.24) is 0 Å². The van der Waals surface area contributed by atoms with Gasteiger partial charge in [0.05, 0.1) is 0 Å². The molecule has 1 aromatic carbocycles. The standard InChI is InChI=1S/C15H22P/c1-11-8-12(2)10-14(9-11)15(16)13-6-4-3-5-7-13/h8-10,15H,3-7,16H2,1-2H3. The fourth-order valence-corrected chi connectivity index (χ4v) is 3.27. The first-order valence-corrected chi connectivity index (χ1v) is 7.02. The molecule has 0 spiro atoms. The third kappa shape index (κ3) is 2.86. The van der Waals surface area contributed by atoms with Crippen LogP contribution in [0.15, 0.2) is 18.2 Å². The van der Waals surface area contributed by atoms with E-state index >= 15 is 0 Å². The second-order valence-corrected chi connectivity index (χ2v) is 5.78. The largest absolute Gasteiger partial charge is 0.129 e. The van der Waals surface area contributed by atoms with Gasteiger partial charge in [-0.05, 0) is 38.2 Å². The van der Waals surface area contributed by atoms with E-state index in [4.69, 9.17) is 0 Å². The van der Waals surface area contributed by atoms with Gasteiger partial charge >= 0.3 is 0 Å². The van der Waals surface area contributed by atoms with Gasteiger partial charge in [0.1, 0.15) is 0 Å². The van der Waals surface area contributed by atoms with Crippen LogP contribution in [0.3, 0.4) is 0 Å². The summed E-state index contributed by atoms with van der Waals surface area (Å²) in [5.74, 6) is 1.74. The zero-order chi connectivity index (χ0) is 11.5. The van der Waals surface area contributed by atoms with Gasteiger partial charge in [-0.3, -0.25) is 0 Å². The Hall–Kier alpha value is -0.350. The molecule has 1 fully saturated rings. The smallest absolute Gasteiger partial charge is 0.00475 e. The molecule has 0 N–H and O–H groups in total. The SMILES string of the molecule is Cc1cc(C)cc(C(P)[C]2CCCCC2)c1. The minimum absolute atomic E-state index is 0.582. The van der Waals surface area contributed by atoms with E-state index in [0.29, 0.717) is 5.66 Å². The number of hydrogen-bond acceptors (Lipinski definition) is 0. The highest BCUT2D eigenvalue weighted by Crippen LogP contribution is 2.42. The van der Waals surface area contributed by atoms with Gasteiger partial charge in [0.15, 0.2) is 0 Å². The lowest BCUT2D eigenvalue weighted by molar-refractivity contribution is 0.516. The monoisotopic (exact) mass is 233 g/mol. The molecular weight excluding hydrogens is 211 g/mol. The Balaban J connectivity index is 2.15. The molecule has 0 saturated heterocycles. The maximum absolute atomic E-state index is 3.05. The number of aryl methyl sites for hydroxylation is 2. The van der Waals surface area contributed by atoms with Crippen molar-refractivity contribution in [3.05, 3.63) is 40.8 Å². The second-order valence-electron chi connectivity index (χ2n) is 5.12. The highest BCUT2D eigenvalue weighted by Gasteiger charge is 2.22. The third-order valence-corrected chi connectivity index (χ3v) is 4.40. The molecule has 1 radical (unpaired) electrons. The summed E-state index contributed by atoms with van der Waals surface area (Å²) in [6.45, 7) is 4.39. The molecule has 1 aliphatic rings. The van der Waals surface area contributed by atoms with Gasteiger partial charge in [-0.1, -0.05) is 48.6 Å². The molecule has 0 aliphatic heterocycles. The zero-order valence-electron chi connectivity index (χ0n) is 10.4. The van der Waals surface area contributed by atoms with Crippen molar-refractivity contribution in [3.63, 3.8) is 0 Å². The van der Waals surface area contributed by atoms with Gasteiger partial charge in [-0.15, -0.1) is 9.24 Å². The van der Waals surface area contributed by atoms with Crippen molar-refractivity contribution in [1.29, 1.82) is 0 Å². The van der Waals surface area contributed by atoms with Crippen LogP contribution in [-0.4, -0.2) is 0 Å². The quantitative estimate of drug-likeness (QED) is 0.646. The van der Waals surface area contributed by atoms with E-state index in [1.54, 1.807) is 5.92 Å². The van der Waals surface area contributed by atoms with E-state index in [1.165, 1.54) is 48.8 Å². The van der Waals surface area contributed by atoms with Crippen molar-refractivity contribution >= 4 is 9.24 Å². The van der Waals surface area contributed by atoms with Gasteiger partial charge in [0.25, 0.3) is 0 Å².